The summed E-state index contributed by atoms with van der Waals surface area (Å²) in [5, 5.41) is 3.26. The van der Waals surface area contributed by atoms with Crippen molar-refractivity contribution in [2.24, 2.45) is 0 Å². The Morgan fingerprint density at radius 2 is 2.29 bits per heavy atom. The molecule has 17 heavy (non-hydrogen) atoms. The first-order chi connectivity index (χ1) is 8.13. The molecule has 1 amide bonds. The van der Waals surface area contributed by atoms with Crippen LogP contribution in [0.2, 0.25) is 0 Å². The lowest BCUT2D eigenvalue weighted by Crippen LogP contribution is -2.22. The van der Waals surface area contributed by atoms with Gasteiger partial charge in [-0.25, -0.2) is 4.98 Å². The van der Waals surface area contributed by atoms with Gasteiger partial charge in [0.2, 0.25) is 5.91 Å². The van der Waals surface area contributed by atoms with Crippen LogP contribution in [-0.2, 0) is 17.8 Å². The molecule has 0 saturated carbocycles. The maximum absolute atomic E-state index is 11.4. The zero-order chi connectivity index (χ0) is 12.7. The van der Waals surface area contributed by atoms with Crippen molar-refractivity contribution in [2.45, 2.75) is 26.3 Å². The van der Waals surface area contributed by atoms with Crippen LogP contribution in [0.4, 0.5) is 0 Å². The number of carbonyl (C=O) groups is 1. The van der Waals surface area contributed by atoms with Crippen molar-refractivity contribution in [3.05, 3.63) is 18.2 Å². The van der Waals surface area contributed by atoms with Gasteiger partial charge in [0, 0.05) is 46.2 Å². The van der Waals surface area contributed by atoms with Crippen LogP contribution in [0, 0.1) is 0 Å². The van der Waals surface area contributed by atoms with Crippen LogP contribution in [0.15, 0.2) is 12.5 Å². The first kappa shape index (κ1) is 13.7. The lowest BCUT2D eigenvalue weighted by Gasteiger charge is -2.09. The molecule has 0 aromatic carbocycles. The Labute approximate surface area is 103 Å². The first-order valence-electron chi connectivity index (χ1n) is 6.05. The van der Waals surface area contributed by atoms with E-state index in [0.29, 0.717) is 13.0 Å². The molecular weight excluding hydrogens is 216 g/mol. The lowest BCUT2D eigenvalue weighted by atomic mass is 10.3. The molecule has 1 rings (SSSR count). The largest absolute Gasteiger partial charge is 0.349 e. The topological polar surface area (TPSA) is 50.2 Å². The summed E-state index contributed by atoms with van der Waals surface area (Å²) in [7, 11) is 3.55. The summed E-state index contributed by atoms with van der Waals surface area (Å²) in [5.41, 5.74) is 1.07. The molecule has 1 aromatic heterocycles. The van der Waals surface area contributed by atoms with Gasteiger partial charge in [0.05, 0.1) is 12.0 Å². The lowest BCUT2D eigenvalue weighted by molar-refractivity contribution is -0.128. The predicted molar refractivity (Wildman–Crippen MR) is 67.8 cm³/mol. The van der Waals surface area contributed by atoms with Gasteiger partial charge in [0.15, 0.2) is 0 Å². The minimum atomic E-state index is 0.146. The van der Waals surface area contributed by atoms with Crippen molar-refractivity contribution in [3.8, 4) is 0 Å². The standard InChI is InChI=1S/C12H22N4O/c1-4-13-7-5-11-9-16(10-14-11)8-6-12(17)15(2)3/h9-10,13H,4-8H2,1-3H3. The molecule has 1 aromatic rings. The Hall–Kier alpha value is -1.36. The molecule has 1 heterocycles. The molecule has 0 atom stereocenters. The Bertz CT molecular complexity index is 346. The zero-order valence-electron chi connectivity index (χ0n) is 10.9. The Morgan fingerprint density at radius 3 is 2.94 bits per heavy atom. The number of amides is 1. The Balaban J connectivity index is 2.33. The SMILES string of the molecule is CCNCCc1cn(CCC(=O)N(C)C)cn1. The summed E-state index contributed by atoms with van der Waals surface area (Å²) in [6.45, 7) is 4.72. The summed E-state index contributed by atoms with van der Waals surface area (Å²) in [6, 6.07) is 0. The number of hydrogen-bond donors (Lipinski definition) is 1. The van der Waals surface area contributed by atoms with E-state index < -0.39 is 0 Å². The molecule has 96 valence electrons. The maximum Gasteiger partial charge on any atom is 0.223 e. The highest BCUT2D eigenvalue weighted by Crippen LogP contribution is 1.99. The molecule has 0 bridgehead atoms. The smallest absolute Gasteiger partial charge is 0.223 e. The van der Waals surface area contributed by atoms with E-state index in [0.717, 1.165) is 25.2 Å². The number of aryl methyl sites for hydroxylation is 1. The number of rotatable bonds is 7. The molecule has 0 spiro atoms. The van der Waals surface area contributed by atoms with E-state index in [1.165, 1.54) is 0 Å². The highest BCUT2D eigenvalue weighted by Gasteiger charge is 2.04. The second-order valence-electron chi connectivity index (χ2n) is 4.24. The molecule has 0 radical (unpaired) electrons. The fourth-order valence-corrected chi connectivity index (χ4v) is 1.50. The van der Waals surface area contributed by atoms with Crippen LogP contribution in [0.3, 0.4) is 0 Å². The third kappa shape index (κ3) is 4.99. The van der Waals surface area contributed by atoms with E-state index >= 15 is 0 Å². The van der Waals surface area contributed by atoms with Crippen LogP contribution in [0.1, 0.15) is 19.0 Å². The molecule has 0 saturated heterocycles. The van der Waals surface area contributed by atoms with Crippen molar-refractivity contribution in [1.82, 2.24) is 19.8 Å². The predicted octanol–water partition coefficient (Wildman–Crippen LogP) is 0.513. The van der Waals surface area contributed by atoms with E-state index in [2.05, 4.69) is 17.2 Å². The van der Waals surface area contributed by atoms with Crippen molar-refractivity contribution in [3.63, 3.8) is 0 Å². The van der Waals surface area contributed by atoms with E-state index in [1.807, 2.05) is 10.8 Å². The van der Waals surface area contributed by atoms with Crippen LogP contribution in [-0.4, -0.2) is 47.5 Å². The van der Waals surface area contributed by atoms with E-state index in [1.54, 1.807) is 25.3 Å². The summed E-state index contributed by atoms with van der Waals surface area (Å²) in [4.78, 5) is 17.3. The quantitative estimate of drug-likeness (QED) is 0.704. The number of hydrogen-bond acceptors (Lipinski definition) is 3. The molecule has 0 unspecified atom stereocenters. The van der Waals surface area contributed by atoms with Gasteiger partial charge in [-0.05, 0) is 6.54 Å². The number of nitrogens with one attached hydrogen (secondary N) is 1. The van der Waals surface area contributed by atoms with Gasteiger partial charge in [0.25, 0.3) is 0 Å². The molecule has 0 aliphatic rings. The average Bonchev–Trinajstić information content (AvgIpc) is 2.74. The second-order valence-corrected chi connectivity index (χ2v) is 4.24. The highest BCUT2D eigenvalue weighted by atomic mass is 16.2. The molecular formula is C12H22N4O. The fourth-order valence-electron chi connectivity index (χ4n) is 1.50. The maximum atomic E-state index is 11.4. The summed E-state index contributed by atoms with van der Waals surface area (Å²) in [6.07, 6.45) is 5.27. The third-order valence-electron chi connectivity index (χ3n) is 2.58. The number of nitrogens with zero attached hydrogens (tertiary/aromatic N) is 3. The molecule has 0 aliphatic heterocycles. The van der Waals surface area contributed by atoms with Crippen LogP contribution in [0.25, 0.3) is 0 Å². The summed E-state index contributed by atoms with van der Waals surface area (Å²) in [5.74, 6) is 0.146. The zero-order valence-corrected chi connectivity index (χ0v) is 10.9. The third-order valence-corrected chi connectivity index (χ3v) is 2.58. The van der Waals surface area contributed by atoms with E-state index in [4.69, 9.17) is 0 Å². The number of aromatic nitrogens is 2. The minimum absolute atomic E-state index is 0.146. The minimum Gasteiger partial charge on any atom is -0.349 e. The van der Waals surface area contributed by atoms with Crippen LogP contribution < -0.4 is 5.32 Å². The van der Waals surface area contributed by atoms with Gasteiger partial charge >= 0.3 is 0 Å². The average molecular weight is 238 g/mol. The first-order valence-corrected chi connectivity index (χ1v) is 6.05. The van der Waals surface area contributed by atoms with Gasteiger partial charge in [-0.1, -0.05) is 6.92 Å². The number of imidazole rings is 1. The van der Waals surface area contributed by atoms with Crippen molar-refractivity contribution >= 4 is 5.91 Å². The van der Waals surface area contributed by atoms with Gasteiger partial charge in [-0.15, -0.1) is 0 Å². The Kier molecular flexibility index (Phi) is 5.69. The second kappa shape index (κ2) is 7.06. The highest BCUT2D eigenvalue weighted by molar-refractivity contribution is 5.75. The van der Waals surface area contributed by atoms with Gasteiger partial charge in [-0.2, -0.15) is 0 Å². The van der Waals surface area contributed by atoms with Crippen molar-refractivity contribution in [2.75, 3.05) is 27.2 Å². The molecule has 0 fully saturated rings. The van der Waals surface area contributed by atoms with Gasteiger partial charge < -0.3 is 14.8 Å². The van der Waals surface area contributed by atoms with E-state index in [-0.39, 0.29) is 5.91 Å². The number of likely N-dealkylation sites (N-methyl/N-ethyl adjacent to an activating group) is 1. The monoisotopic (exact) mass is 238 g/mol. The van der Waals surface area contributed by atoms with Crippen molar-refractivity contribution < 1.29 is 4.79 Å². The molecule has 1 N–H and O–H groups in total. The summed E-state index contributed by atoms with van der Waals surface area (Å²) >= 11 is 0. The molecule has 5 nitrogen and oxygen atoms in total. The van der Waals surface area contributed by atoms with Gasteiger partial charge in [0.1, 0.15) is 0 Å². The normalized spacial score (nSPS) is 10.5. The molecule has 0 aliphatic carbocycles. The molecule has 5 heteroatoms. The fraction of sp³-hybridized carbons (Fsp3) is 0.667. The van der Waals surface area contributed by atoms with Crippen LogP contribution in [0.5, 0.6) is 0 Å². The van der Waals surface area contributed by atoms with Gasteiger partial charge in [-0.3, -0.25) is 4.79 Å². The summed E-state index contributed by atoms with van der Waals surface area (Å²) < 4.78 is 1.97. The van der Waals surface area contributed by atoms with Crippen LogP contribution >= 0.6 is 0 Å². The number of carbonyl (C=O) groups excluding carboxylic acids is 1. The Morgan fingerprint density at radius 1 is 1.53 bits per heavy atom. The van der Waals surface area contributed by atoms with E-state index in [9.17, 15) is 4.79 Å². The van der Waals surface area contributed by atoms with Crippen molar-refractivity contribution in [1.29, 1.82) is 0 Å².